The van der Waals surface area contributed by atoms with Crippen LogP contribution in [-0.4, -0.2) is 15.8 Å². The van der Waals surface area contributed by atoms with Crippen molar-refractivity contribution in [3.8, 4) is 0 Å². The topological polar surface area (TPSA) is 51.2 Å². The Balaban J connectivity index is 0.00000182. The molecule has 25 heavy (non-hydrogen) atoms. The maximum atomic E-state index is 10.7. The largest absolute Gasteiger partial charge is 0.391 e. The second kappa shape index (κ2) is 7.36. The van der Waals surface area contributed by atoms with Gasteiger partial charge in [-0.3, -0.25) is 0 Å². The summed E-state index contributed by atoms with van der Waals surface area (Å²) in [5, 5.41) is 13.2. The molecule has 1 fully saturated rings. The third-order valence-corrected chi connectivity index (χ3v) is 5.75. The number of nitrogens with two attached hydrogens (primary N) is 1. The number of aryl methyl sites for hydroxylation is 1. The lowest BCUT2D eigenvalue weighted by molar-refractivity contribution is 0.0845. The van der Waals surface area contributed by atoms with Crippen LogP contribution in [0.2, 0.25) is 0 Å². The van der Waals surface area contributed by atoms with E-state index in [4.69, 9.17) is 5.73 Å². The van der Waals surface area contributed by atoms with Crippen LogP contribution in [0.5, 0.6) is 0 Å². The number of aromatic nitrogens is 1. The lowest BCUT2D eigenvalue weighted by Gasteiger charge is -2.24. The zero-order valence-electron chi connectivity index (χ0n) is 14.7. The molecule has 0 unspecified atom stereocenters. The monoisotopic (exact) mass is 358 g/mol. The number of nitrogens with zero attached hydrogens (tertiary/aromatic N) is 1. The molecule has 3 aromatic rings. The predicted molar refractivity (Wildman–Crippen MR) is 107 cm³/mol. The van der Waals surface area contributed by atoms with Gasteiger partial charge in [-0.15, -0.1) is 12.4 Å². The highest BCUT2D eigenvalue weighted by molar-refractivity contribution is 6.08. The first-order chi connectivity index (χ1) is 11.7. The second-order valence-electron chi connectivity index (χ2n) is 7.10. The van der Waals surface area contributed by atoms with Crippen molar-refractivity contribution in [1.29, 1.82) is 0 Å². The Labute approximate surface area is 155 Å². The molecule has 2 atom stereocenters. The SMILES string of the molecule is CCn1c2ccccc2c2cc([C@@H](N)[C@@H](O)C3CCCC3)ccc21.Cl. The van der Waals surface area contributed by atoms with Crippen molar-refractivity contribution in [2.75, 3.05) is 0 Å². The van der Waals surface area contributed by atoms with Crippen molar-refractivity contribution >= 4 is 34.2 Å². The van der Waals surface area contributed by atoms with Crippen molar-refractivity contribution in [1.82, 2.24) is 4.57 Å². The first kappa shape index (κ1) is 18.2. The third kappa shape index (κ3) is 3.05. The minimum Gasteiger partial charge on any atom is -0.391 e. The summed E-state index contributed by atoms with van der Waals surface area (Å²) in [4.78, 5) is 0. The highest BCUT2D eigenvalue weighted by Gasteiger charge is 2.29. The number of halogens is 1. The van der Waals surface area contributed by atoms with Crippen molar-refractivity contribution in [2.24, 2.45) is 11.7 Å². The Morgan fingerprint density at radius 1 is 1.08 bits per heavy atom. The lowest BCUT2D eigenvalue weighted by atomic mass is 9.90. The number of fused-ring (bicyclic) bond motifs is 3. The predicted octanol–water partition coefficient (Wildman–Crippen LogP) is 4.79. The van der Waals surface area contributed by atoms with E-state index in [0.29, 0.717) is 5.92 Å². The molecule has 1 heterocycles. The van der Waals surface area contributed by atoms with Crippen LogP contribution in [0.4, 0.5) is 0 Å². The fourth-order valence-corrected chi connectivity index (χ4v) is 4.41. The molecule has 0 amide bonds. The van der Waals surface area contributed by atoms with E-state index in [1.807, 2.05) is 0 Å². The number of hydrogen-bond acceptors (Lipinski definition) is 2. The number of aliphatic hydroxyl groups is 1. The first-order valence-electron chi connectivity index (χ1n) is 9.15. The number of aliphatic hydroxyl groups excluding tert-OH is 1. The fourth-order valence-electron chi connectivity index (χ4n) is 4.41. The molecule has 3 nitrogen and oxygen atoms in total. The van der Waals surface area contributed by atoms with Gasteiger partial charge < -0.3 is 15.4 Å². The molecule has 1 aliphatic rings. The average Bonchev–Trinajstić information content (AvgIpc) is 3.26. The highest BCUT2D eigenvalue weighted by Crippen LogP contribution is 2.35. The van der Waals surface area contributed by atoms with Gasteiger partial charge in [0.15, 0.2) is 0 Å². The summed E-state index contributed by atoms with van der Waals surface area (Å²) in [6.45, 7) is 3.12. The summed E-state index contributed by atoms with van der Waals surface area (Å²) in [7, 11) is 0. The molecule has 0 radical (unpaired) electrons. The maximum Gasteiger partial charge on any atom is 0.0760 e. The molecule has 0 saturated heterocycles. The average molecular weight is 359 g/mol. The van der Waals surface area contributed by atoms with E-state index in [0.717, 1.165) is 24.9 Å². The quantitative estimate of drug-likeness (QED) is 0.704. The van der Waals surface area contributed by atoms with Gasteiger partial charge in [0.05, 0.1) is 12.1 Å². The summed E-state index contributed by atoms with van der Waals surface area (Å²) >= 11 is 0. The van der Waals surface area contributed by atoms with Gasteiger partial charge in [0.25, 0.3) is 0 Å². The van der Waals surface area contributed by atoms with E-state index in [2.05, 4.69) is 54.0 Å². The van der Waals surface area contributed by atoms with E-state index < -0.39 is 6.10 Å². The summed E-state index contributed by atoms with van der Waals surface area (Å²) < 4.78 is 2.34. The maximum absolute atomic E-state index is 10.7. The number of hydrogen-bond donors (Lipinski definition) is 2. The lowest BCUT2D eigenvalue weighted by Crippen LogP contribution is -2.31. The van der Waals surface area contributed by atoms with Crippen LogP contribution < -0.4 is 5.73 Å². The van der Waals surface area contributed by atoms with Gasteiger partial charge in [0.1, 0.15) is 0 Å². The van der Waals surface area contributed by atoms with E-state index in [1.54, 1.807) is 0 Å². The van der Waals surface area contributed by atoms with Gasteiger partial charge in [-0.2, -0.15) is 0 Å². The Kier molecular flexibility index (Phi) is 5.38. The summed E-state index contributed by atoms with van der Waals surface area (Å²) in [6, 6.07) is 14.7. The normalized spacial score (nSPS) is 17.7. The molecule has 1 saturated carbocycles. The molecule has 3 N–H and O–H groups in total. The Hall–Kier alpha value is -1.55. The van der Waals surface area contributed by atoms with Crippen LogP contribution in [-0.2, 0) is 6.54 Å². The summed E-state index contributed by atoms with van der Waals surface area (Å²) in [5.74, 6) is 0.354. The van der Waals surface area contributed by atoms with Gasteiger partial charge in [-0.1, -0.05) is 37.1 Å². The van der Waals surface area contributed by atoms with Gasteiger partial charge in [-0.25, -0.2) is 0 Å². The number of rotatable bonds is 4. The van der Waals surface area contributed by atoms with Crippen molar-refractivity contribution in [2.45, 2.75) is 51.3 Å². The van der Waals surface area contributed by atoms with Crippen LogP contribution in [0.3, 0.4) is 0 Å². The standard InChI is InChI=1S/C21H26N2O.ClH/c1-2-23-18-10-6-5-9-16(18)17-13-15(11-12-19(17)23)20(22)21(24)14-7-3-4-8-14;/h5-6,9-14,20-21,24H,2-4,7-8,22H2,1H3;1H/t20-,21+;/m1./s1. The van der Waals surface area contributed by atoms with Gasteiger partial charge in [0, 0.05) is 28.4 Å². The van der Waals surface area contributed by atoms with Gasteiger partial charge >= 0.3 is 0 Å². The van der Waals surface area contributed by atoms with E-state index in [9.17, 15) is 5.11 Å². The number of benzene rings is 2. The van der Waals surface area contributed by atoms with Crippen LogP contribution in [0.25, 0.3) is 21.8 Å². The van der Waals surface area contributed by atoms with Gasteiger partial charge in [0.2, 0.25) is 0 Å². The molecule has 1 aromatic heterocycles. The fraction of sp³-hybridized carbons (Fsp3) is 0.429. The minimum atomic E-state index is -0.440. The second-order valence-corrected chi connectivity index (χ2v) is 7.10. The Morgan fingerprint density at radius 2 is 1.76 bits per heavy atom. The van der Waals surface area contributed by atoms with E-state index >= 15 is 0 Å². The minimum absolute atomic E-state index is 0. The van der Waals surface area contributed by atoms with Crippen LogP contribution in [0, 0.1) is 5.92 Å². The van der Waals surface area contributed by atoms with E-state index in [1.165, 1.54) is 34.6 Å². The van der Waals surface area contributed by atoms with Crippen LogP contribution in [0.1, 0.15) is 44.2 Å². The molecule has 0 spiro atoms. The zero-order valence-corrected chi connectivity index (χ0v) is 15.5. The zero-order chi connectivity index (χ0) is 16.7. The molecular weight excluding hydrogens is 332 g/mol. The Bertz CT molecular complexity index is 867. The van der Waals surface area contributed by atoms with E-state index in [-0.39, 0.29) is 18.4 Å². The molecular formula is C21H27ClN2O. The molecule has 134 valence electrons. The molecule has 2 aromatic carbocycles. The van der Waals surface area contributed by atoms with Gasteiger partial charge in [-0.05, 0) is 49.4 Å². The third-order valence-electron chi connectivity index (χ3n) is 5.75. The number of para-hydroxylation sites is 1. The van der Waals surface area contributed by atoms with Crippen molar-refractivity contribution < 1.29 is 5.11 Å². The molecule has 4 heteroatoms. The van der Waals surface area contributed by atoms with Crippen molar-refractivity contribution in [3.63, 3.8) is 0 Å². The van der Waals surface area contributed by atoms with Crippen LogP contribution in [0.15, 0.2) is 42.5 Å². The molecule has 0 bridgehead atoms. The first-order valence-corrected chi connectivity index (χ1v) is 9.15. The van der Waals surface area contributed by atoms with Crippen molar-refractivity contribution in [3.05, 3.63) is 48.0 Å². The summed E-state index contributed by atoms with van der Waals surface area (Å²) in [5.41, 5.74) is 9.98. The molecule has 0 aliphatic heterocycles. The molecule has 1 aliphatic carbocycles. The Morgan fingerprint density at radius 3 is 2.48 bits per heavy atom. The highest BCUT2D eigenvalue weighted by atomic mass is 35.5. The molecule has 4 rings (SSSR count). The smallest absolute Gasteiger partial charge is 0.0760 e. The summed E-state index contributed by atoms with van der Waals surface area (Å²) in [6.07, 6.45) is 4.21. The van der Waals surface area contributed by atoms with Crippen LogP contribution >= 0.6 is 12.4 Å².